The minimum absolute atomic E-state index is 0.0308. The van der Waals surface area contributed by atoms with Crippen LogP contribution in [0.25, 0.3) is 11.4 Å². The Morgan fingerprint density at radius 2 is 1.97 bits per heavy atom. The summed E-state index contributed by atoms with van der Waals surface area (Å²) in [6.45, 7) is 4.25. The van der Waals surface area contributed by atoms with Crippen molar-refractivity contribution in [3.63, 3.8) is 0 Å². The molecule has 0 spiro atoms. The van der Waals surface area contributed by atoms with Crippen LogP contribution >= 0.6 is 0 Å². The van der Waals surface area contributed by atoms with E-state index in [0.29, 0.717) is 25.2 Å². The first-order valence-corrected chi connectivity index (χ1v) is 11.2. The maximum Gasteiger partial charge on any atom is 0.242 e. The predicted molar refractivity (Wildman–Crippen MR) is 111 cm³/mol. The van der Waals surface area contributed by atoms with Crippen molar-refractivity contribution in [1.29, 1.82) is 0 Å². The number of nitrogens with zero attached hydrogens (tertiary/aromatic N) is 3. The van der Waals surface area contributed by atoms with Crippen LogP contribution in [0, 0.1) is 6.92 Å². The van der Waals surface area contributed by atoms with Gasteiger partial charge in [0, 0.05) is 24.2 Å². The Morgan fingerprint density at radius 3 is 2.70 bits per heavy atom. The number of aryl methyl sites for hydroxylation is 1. The van der Waals surface area contributed by atoms with E-state index in [-0.39, 0.29) is 23.2 Å². The topological polar surface area (TPSA) is 105 Å². The van der Waals surface area contributed by atoms with E-state index in [9.17, 15) is 13.2 Å². The van der Waals surface area contributed by atoms with E-state index in [1.54, 1.807) is 17.0 Å². The van der Waals surface area contributed by atoms with Gasteiger partial charge in [0.2, 0.25) is 27.6 Å². The second-order valence-corrected chi connectivity index (χ2v) is 8.91. The Hall–Kier alpha value is -3.04. The molecule has 1 amide bonds. The monoisotopic (exact) mass is 426 g/mol. The fraction of sp³-hybridized carbons (Fsp3) is 0.286. The van der Waals surface area contributed by atoms with Gasteiger partial charge in [-0.25, -0.2) is 13.1 Å². The third-order valence-corrected chi connectivity index (χ3v) is 6.45. The highest BCUT2D eigenvalue weighted by Crippen LogP contribution is 2.30. The molecule has 2 heterocycles. The van der Waals surface area contributed by atoms with Crippen molar-refractivity contribution in [2.75, 3.05) is 11.4 Å². The quantitative estimate of drug-likeness (QED) is 0.650. The van der Waals surface area contributed by atoms with Crippen molar-refractivity contribution in [3.8, 4) is 11.4 Å². The molecule has 0 fully saturated rings. The number of aromatic nitrogens is 2. The summed E-state index contributed by atoms with van der Waals surface area (Å²) in [5, 5.41) is 3.91. The second-order valence-electron chi connectivity index (χ2n) is 7.14. The number of rotatable bonds is 6. The number of fused-ring (bicyclic) bond motifs is 1. The Kier molecular flexibility index (Phi) is 5.40. The van der Waals surface area contributed by atoms with Gasteiger partial charge in [-0.15, -0.1) is 0 Å². The SMILES string of the molecule is CCC(=O)N1CCc2cc(S(=O)(=O)NCc3nc(-c4ccc(C)cc4)no3)ccc21. The van der Waals surface area contributed by atoms with Crippen molar-refractivity contribution in [2.45, 2.75) is 38.1 Å². The Bertz CT molecular complexity index is 1190. The molecule has 9 heteroatoms. The molecule has 0 bridgehead atoms. The molecule has 1 aliphatic rings. The van der Waals surface area contributed by atoms with Crippen LogP contribution in [0.15, 0.2) is 51.9 Å². The number of hydrogen-bond acceptors (Lipinski definition) is 6. The number of amides is 1. The average molecular weight is 426 g/mol. The largest absolute Gasteiger partial charge is 0.338 e. The number of benzene rings is 2. The number of carbonyl (C=O) groups excluding carboxylic acids is 1. The maximum absolute atomic E-state index is 12.7. The zero-order chi connectivity index (χ0) is 21.3. The molecular formula is C21H22N4O4S. The summed E-state index contributed by atoms with van der Waals surface area (Å²) in [5.41, 5.74) is 3.54. The lowest BCUT2D eigenvalue weighted by Crippen LogP contribution is -2.27. The van der Waals surface area contributed by atoms with E-state index in [1.165, 1.54) is 6.07 Å². The zero-order valence-electron chi connectivity index (χ0n) is 16.8. The van der Waals surface area contributed by atoms with E-state index in [2.05, 4.69) is 14.9 Å². The lowest BCUT2D eigenvalue weighted by molar-refractivity contribution is -0.118. The molecule has 156 valence electrons. The van der Waals surface area contributed by atoms with E-state index >= 15 is 0 Å². The Morgan fingerprint density at radius 1 is 1.20 bits per heavy atom. The summed E-state index contributed by atoms with van der Waals surface area (Å²) in [7, 11) is -3.77. The highest BCUT2D eigenvalue weighted by molar-refractivity contribution is 7.89. The number of hydrogen-bond donors (Lipinski definition) is 1. The van der Waals surface area contributed by atoms with Crippen LogP contribution in [-0.2, 0) is 27.8 Å². The third kappa shape index (κ3) is 3.99. The van der Waals surface area contributed by atoms with Crippen molar-refractivity contribution in [2.24, 2.45) is 0 Å². The molecule has 3 aromatic rings. The molecule has 1 aromatic heterocycles. The Labute approximate surface area is 175 Å². The average Bonchev–Trinajstić information content (AvgIpc) is 3.39. The first-order chi connectivity index (χ1) is 14.4. The maximum atomic E-state index is 12.7. The first kappa shape index (κ1) is 20.2. The molecule has 1 aliphatic heterocycles. The van der Waals surface area contributed by atoms with Crippen LogP contribution in [0.3, 0.4) is 0 Å². The molecule has 0 unspecified atom stereocenters. The number of nitrogens with one attached hydrogen (secondary N) is 1. The van der Waals surface area contributed by atoms with Gasteiger partial charge in [-0.3, -0.25) is 4.79 Å². The molecule has 0 radical (unpaired) electrons. The molecule has 4 rings (SSSR count). The zero-order valence-corrected chi connectivity index (χ0v) is 17.6. The van der Waals surface area contributed by atoms with E-state index in [0.717, 1.165) is 22.4 Å². The number of anilines is 1. The number of sulfonamides is 1. The molecule has 2 aromatic carbocycles. The van der Waals surface area contributed by atoms with Crippen LogP contribution in [0.5, 0.6) is 0 Å². The van der Waals surface area contributed by atoms with E-state index in [4.69, 9.17) is 4.52 Å². The normalized spacial score (nSPS) is 13.5. The highest BCUT2D eigenvalue weighted by atomic mass is 32.2. The van der Waals surface area contributed by atoms with Crippen LogP contribution in [0.1, 0.15) is 30.4 Å². The smallest absolute Gasteiger partial charge is 0.242 e. The van der Waals surface area contributed by atoms with E-state index in [1.807, 2.05) is 38.1 Å². The lowest BCUT2D eigenvalue weighted by Gasteiger charge is -2.16. The van der Waals surface area contributed by atoms with Gasteiger partial charge >= 0.3 is 0 Å². The van der Waals surface area contributed by atoms with Gasteiger partial charge in [-0.2, -0.15) is 4.98 Å². The molecule has 0 saturated heterocycles. The fourth-order valence-corrected chi connectivity index (χ4v) is 4.41. The van der Waals surface area contributed by atoms with Crippen LogP contribution in [0.4, 0.5) is 5.69 Å². The Balaban J connectivity index is 1.47. The summed E-state index contributed by atoms with van der Waals surface area (Å²) < 4.78 is 33.1. The van der Waals surface area contributed by atoms with Gasteiger partial charge in [-0.1, -0.05) is 41.9 Å². The standard InChI is InChI=1S/C21H22N4O4S/c1-3-20(26)25-11-10-16-12-17(8-9-18(16)25)30(27,28)22-13-19-23-21(24-29-19)15-6-4-14(2)5-7-15/h4-9,12,22H,3,10-11,13H2,1-2H3. The molecule has 30 heavy (non-hydrogen) atoms. The van der Waals surface area contributed by atoms with Gasteiger partial charge in [0.05, 0.1) is 11.4 Å². The summed E-state index contributed by atoms with van der Waals surface area (Å²) in [6.07, 6.45) is 1.05. The van der Waals surface area contributed by atoms with Crippen LogP contribution in [0.2, 0.25) is 0 Å². The van der Waals surface area contributed by atoms with Crippen molar-refractivity contribution in [1.82, 2.24) is 14.9 Å². The summed E-state index contributed by atoms with van der Waals surface area (Å²) in [5.74, 6) is 0.612. The van der Waals surface area contributed by atoms with Gasteiger partial charge in [0.1, 0.15) is 0 Å². The lowest BCUT2D eigenvalue weighted by atomic mass is 10.1. The van der Waals surface area contributed by atoms with Crippen LogP contribution < -0.4 is 9.62 Å². The van der Waals surface area contributed by atoms with E-state index < -0.39 is 10.0 Å². The molecular weight excluding hydrogens is 404 g/mol. The second kappa shape index (κ2) is 8.00. The minimum Gasteiger partial charge on any atom is -0.338 e. The fourth-order valence-electron chi connectivity index (χ4n) is 3.38. The van der Waals surface area contributed by atoms with Gasteiger partial charge in [0.15, 0.2) is 0 Å². The van der Waals surface area contributed by atoms with Crippen molar-refractivity contribution >= 4 is 21.6 Å². The molecule has 0 saturated carbocycles. The molecule has 0 atom stereocenters. The highest BCUT2D eigenvalue weighted by Gasteiger charge is 2.26. The molecule has 0 aliphatic carbocycles. The molecule has 1 N–H and O–H groups in total. The van der Waals surface area contributed by atoms with Crippen LogP contribution in [-0.4, -0.2) is 31.0 Å². The molecule has 8 nitrogen and oxygen atoms in total. The number of carbonyl (C=O) groups is 1. The summed E-state index contributed by atoms with van der Waals surface area (Å²) in [6, 6.07) is 12.5. The van der Waals surface area contributed by atoms with Crippen molar-refractivity contribution in [3.05, 3.63) is 59.5 Å². The predicted octanol–water partition coefficient (Wildman–Crippen LogP) is 2.82. The van der Waals surface area contributed by atoms with Crippen molar-refractivity contribution < 1.29 is 17.7 Å². The van der Waals surface area contributed by atoms with Gasteiger partial charge in [0.25, 0.3) is 0 Å². The summed E-state index contributed by atoms with van der Waals surface area (Å²) >= 11 is 0. The first-order valence-electron chi connectivity index (χ1n) is 9.70. The summed E-state index contributed by atoms with van der Waals surface area (Å²) in [4.78, 5) is 18.1. The third-order valence-electron chi connectivity index (χ3n) is 5.05. The minimum atomic E-state index is -3.77. The van der Waals surface area contributed by atoms with Gasteiger partial charge in [-0.05, 0) is 37.1 Å². The van der Waals surface area contributed by atoms with Gasteiger partial charge < -0.3 is 9.42 Å².